The van der Waals surface area contributed by atoms with Crippen molar-refractivity contribution in [2.45, 2.75) is 32.0 Å². The number of rotatable bonds is 3. The molecular weight excluding hydrogens is 188 g/mol. The lowest BCUT2D eigenvalue weighted by atomic mass is 10.2. The molecular formula is C9H14O5. The van der Waals surface area contributed by atoms with Crippen LogP contribution in [-0.4, -0.2) is 37.9 Å². The largest absolute Gasteiger partial charge is 0.467 e. The molecule has 0 saturated carbocycles. The van der Waals surface area contributed by atoms with Gasteiger partial charge in [-0.05, 0) is 12.8 Å². The molecule has 1 aliphatic rings. The number of carbonyl (C=O) groups excluding carboxylic acids is 2. The molecule has 0 aromatic heterocycles. The van der Waals surface area contributed by atoms with Crippen molar-refractivity contribution in [3.8, 4) is 0 Å². The maximum atomic E-state index is 11.0. The highest BCUT2D eigenvalue weighted by atomic mass is 16.6. The second kappa shape index (κ2) is 4.95. The Morgan fingerprint density at radius 1 is 1.43 bits per heavy atom. The Balaban J connectivity index is 2.27. The van der Waals surface area contributed by atoms with Crippen LogP contribution < -0.4 is 0 Å². The fraction of sp³-hybridized carbons (Fsp3) is 0.778. The monoisotopic (exact) mass is 202 g/mol. The number of carbonyl (C=O) groups is 2. The van der Waals surface area contributed by atoms with Crippen molar-refractivity contribution in [1.82, 2.24) is 0 Å². The van der Waals surface area contributed by atoms with Crippen LogP contribution in [0.2, 0.25) is 0 Å². The molecule has 1 saturated heterocycles. The fourth-order valence-corrected chi connectivity index (χ4v) is 1.34. The van der Waals surface area contributed by atoms with E-state index in [1.54, 1.807) is 0 Å². The van der Waals surface area contributed by atoms with Gasteiger partial charge in [0.2, 0.25) is 0 Å². The molecule has 0 bridgehead atoms. The molecule has 1 rings (SSSR count). The smallest absolute Gasteiger partial charge is 0.334 e. The molecule has 5 heteroatoms. The Labute approximate surface area is 82.3 Å². The van der Waals surface area contributed by atoms with Crippen molar-refractivity contribution in [1.29, 1.82) is 0 Å². The van der Waals surface area contributed by atoms with E-state index < -0.39 is 6.10 Å². The van der Waals surface area contributed by atoms with E-state index in [-0.39, 0.29) is 24.6 Å². The Morgan fingerprint density at radius 2 is 2.14 bits per heavy atom. The molecule has 0 radical (unpaired) electrons. The van der Waals surface area contributed by atoms with Crippen molar-refractivity contribution < 1.29 is 23.8 Å². The Morgan fingerprint density at radius 3 is 2.71 bits per heavy atom. The van der Waals surface area contributed by atoms with Crippen molar-refractivity contribution in [3.63, 3.8) is 0 Å². The average Bonchev–Trinajstić information content (AvgIpc) is 2.62. The summed E-state index contributed by atoms with van der Waals surface area (Å²) in [5.74, 6) is -0.703. The van der Waals surface area contributed by atoms with Gasteiger partial charge in [-0.25, -0.2) is 4.79 Å². The van der Waals surface area contributed by atoms with Crippen LogP contribution in [0.25, 0.3) is 0 Å². The van der Waals surface area contributed by atoms with Crippen LogP contribution in [0, 0.1) is 0 Å². The van der Waals surface area contributed by atoms with Crippen LogP contribution in [0.4, 0.5) is 0 Å². The summed E-state index contributed by atoms with van der Waals surface area (Å²) in [6.45, 7) is 1.55. The highest BCUT2D eigenvalue weighted by Crippen LogP contribution is 2.20. The molecule has 2 atom stereocenters. The maximum absolute atomic E-state index is 11.0. The Kier molecular flexibility index (Phi) is 3.88. The molecule has 0 amide bonds. The predicted octanol–water partition coefficient (Wildman–Crippen LogP) is 0.270. The van der Waals surface area contributed by atoms with E-state index in [1.807, 2.05) is 0 Å². The topological polar surface area (TPSA) is 61.8 Å². The SMILES string of the molecule is COC(=O)C1CCC(COC(C)=O)O1. The standard InChI is InChI=1S/C9H14O5/c1-6(10)13-5-7-3-4-8(14-7)9(11)12-2/h7-8H,3-5H2,1-2H3. The van der Waals surface area contributed by atoms with E-state index in [4.69, 9.17) is 9.47 Å². The minimum absolute atomic E-state index is 0.178. The summed E-state index contributed by atoms with van der Waals surface area (Å²) in [6, 6.07) is 0. The molecule has 80 valence electrons. The molecule has 1 fully saturated rings. The third kappa shape index (κ3) is 2.99. The maximum Gasteiger partial charge on any atom is 0.334 e. The van der Waals surface area contributed by atoms with Gasteiger partial charge >= 0.3 is 11.9 Å². The van der Waals surface area contributed by atoms with Gasteiger partial charge < -0.3 is 14.2 Å². The molecule has 14 heavy (non-hydrogen) atoms. The van der Waals surface area contributed by atoms with Crippen molar-refractivity contribution in [2.24, 2.45) is 0 Å². The number of methoxy groups -OCH3 is 1. The first-order valence-corrected chi connectivity index (χ1v) is 4.50. The van der Waals surface area contributed by atoms with Crippen LogP contribution in [0.3, 0.4) is 0 Å². The van der Waals surface area contributed by atoms with Gasteiger partial charge in [0.05, 0.1) is 13.2 Å². The van der Waals surface area contributed by atoms with E-state index in [1.165, 1.54) is 14.0 Å². The van der Waals surface area contributed by atoms with E-state index >= 15 is 0 Å². The molecule has 5 nitrogen and oxygen atoms in total. The quantitative estimate of drug-likeness (QED) is 0.615. The lowest BCUT2D eigenvalue weighted by molar-refractivity contribution is -0.156. The molecule has 0 aromatic rings. The zero-order valence-electron chi connectivity index (χ0n) is 8.32. The lowest BCUT2D eigenvalue weighted by Gasteiger charge is -2.11. The normalized spacial score (nSPS) is 25.9. The summed E-state index contributed by atoms with van der Waals surface area (Å²) in [4.78, 5) is 21.5. The highest BCUT2D eigenvalue weighted by molar-refractivity contribution is 5.74. The Hall–Kier alpha value is -1.10. The summed E-state index contributed by atoms with van der Waals surface area (Å²) in [5, 5.41) is 0. The van der Waals surface area contributed by atoms with E-state index in [2.05, 4.69) is 4.74 Å². The molecule has 2 unspecified atom stereocenters. The molecule has 0 N–H and O–H groups in total. The van der Waals surface area contributed by atoms with Gasteiger partial charge in [-0.1, -0.05) is 0 Å². The minimum atomic E-state index is -0.499. The minimum Gasteiger partial charge on any atom is -0.467 e. The number of hydrogen-bond donors (Lipinski definition) is 0. The van der Waals surface area contributed by atoms with Gasteiger partial charge in [0.15, 0.2) is 6.10 Å². The Bertz CT molecular complexity index is 225. The number of ether oxygens (including phenoxy) is 3. The summed E-state index contributed by atoms with van der Waals surface area (Å²) in [5.41, 5.74) is 0. The third-order valence-electron chi connectivity index (χ3n) is 2.04. The van der Waals surface area contributed by atoms with Gasteiger partial charge in [0.25, 0.3) is 0 Å². The van der Waals surface area contributed by atoms with Crippen LogP contribution in [0.1, 0.15) is 19.8 Å². The first kappa shape index (κ1) is 11.0. The van der Waals surface area contributed by atoms with Crippen LogP contribution >= 0.6 is 0 Å². The van der Waals surface area contributed by atoms with Crippen LogP contribution in [-0.2, 0) is 23.8 Å². The highest BCUT2D eigenvalue weighted by Gasteiger charge is 2.31. The van der Waals surface area contributed by atoms with Gasteiger partial charge in [-0.2, -0.15) is 0 Å². The lowest BCUT2D eigenvalue weighted by Crippen LogP contribution is -2.24. The first-order chi connectivity index (χ1) is 6.63. The van der Waals surface area contributed by atoms with Crippen LogP contribution in [0.5, 0.6) is 0 Å². The molecule has 1 aliphatic heterocycles. The van der Waals surface area contributed by atoms with Gasteiger partial charge in [0.1, 0.15) is 6.61 Å². The molecule has 0 spiro atoms. The number of hydrogen-bond acceptors (Lipinski definition) is 5. The van der Waals surface area contributed by atoms with Crippen molar-refractivity contribution >= 4 is 11.9 Å². The van der Waals surface area contributed by atoms with Crippen molar-refractivity contribution in [3.05, 3.63) is 0 Å². The van der Waals surface area contributed by atoms with Crippen LogP contribution in [0.15, 0.2) is 0 Å². The molecule has 0 aromatic carbocycles. The van der Waals surface area contributed by atoms with Gasteiger partial charge in [-0.3, -0.25) is 4.79 Å². The van der Waals surface area contributed by atoms with Crippen molar-refractivity contribution in [2.75, 3.05) is 13.7 Å². The summed E-state index contributed by atoms with van der Waals surface area (Å²) in [6.07, 6.45) is 0.662. The third-order valence-corrected chi connectivity index (χ3v) is 2.04. The molecule has 1 heterocycles. The fourth-order valence-electron chi connectivity index (χ4n) is 1.34. The first-order valence-electron chi connectivity index (χ1n) is 4.50. The average molecular weight is 202 g/mol. The van der Waals surface area contributed by atoms with Gasteiger partial charge in [0, 0.05) is 6.92 Å². The summed E-state index contributed by atoms with van der Waals surface area (Å²) in [7, 11) is 1.32. The second-order valence-corrected chi connectivity index (χ2v) is 3.15. The number of esters is 2. The van der Waals surface area contributed by atoms with Gasteiger partial charge in [-0.15, -0.1) is 0 Å². The zero-order chi connectivity index (χ0) is 10.6. The van der Waals surface area contributed by atoms with E-state index in [0.717, 1.165) is 0 Å². The van der Waals surface area contributed by atoms with E-state index in [0.29, 0.717) is 12.8 Å². The summed E-state index contributed by atoms with van der Waals surface area (Å²) < 4.78 is 14.6. The van der Waals surface area contributed by atoms with E-state index in [9.17, 15) is 9.59 Å². The summed E-state index contributed by atoms with van der Waals surface area (Å²) >= 11 is 0. The zero-order valence-corrected chi connectivity index (χ0v) is 8.32. The molecule has 0 aliphatic carbocycles. The second-order valence-electron chi connectivity index (χ2n) is 3.15. The predicted molar refractivity (Wildman–Crippen MR) is 46.5 cm³/mol.